The molecule has 0 saturated carbocycles. The van der Waals surface area contributed by atoms with Gasteiger partial charge in [0, 0.05) is 24.4 Å². The van der Waals surface area contributed by atoms with E-state index in [1.165, 1.54) is 30.2 Å². The zero-order valence-corrected chi connectivity index (χ0v) is 11.9. The van der Waals surface area contributed by atoms with Gasteiger partial charge in [0.05, 0.1) is 7.11 Å². The minimum atomic E-state index is -1.06. The predicted octanol–water partition coefficient (Wildman–Crippen LogP) is 2.62. The molecule has 0 aliphatic carbocycles. The topological polar surface area (TPSA) is 49.8 Å². The summed E-state index contributed by atoms with van der Waals surface area (Å²) in [7, 11) is 2.95. The highest BCUT2D eigenvalue weighted by atomic mass is 19.1. The van der Waals surface area contributed by atoms with Crippen LogP contribution in [0.4, 0.5) is 8.78 Å². The highest BCUT2D eigenvalue weighted by Crippen LogP contribution is 2.32. The van der Waals surface area contributed by atoms with Gasteiger partial charge in [0.15, 0.2) is 6.04 Å². The number of hydrogen-bond donors (Lipinski definition) is 1. The maximum Gasteiger partial charge on any atom is 0.334 e. The van der Waals surface area contributed by atoms with Crippen LogP contribution < -0.4 is 0 Å². The number of halogens is 2. The summed E-state index contributed by atoms with van der Waals surface area (Å²) in [6, 6.07) is 2.21. The first-order valence-electron chi connectivity index (χ1n) is 6.23. The molecule has 6 heteroatoms. The zero-order valence-electron chi connectivity index (χ0n) is 11.9. The number of methoxy groups -OCH3 is 1. The van der Waals surface area contributed by atoms with Gasteiger partial charge in [0.1, 0.15) is 17.4 Å². The van der Waals surface area contributed by atoms with E-state index >= 15 is 0 Å². The quantitative estimate of drug-likeness (QED) is 0.931. The van der Waals surface area contributed by atoms with Crippen LogP contribution in [-0.4, -0.2) is 36.2 Å². The van der Waals surface area contributed by atoms with Crippen LogP contribution in [-0.2, 0) is 9.53 Å². The second-order valence-corrected chi connectivity index (χ2v) is 4.76. The molecule has 0 saturated heterocycles. The lowest BCUT2D eigenvalue weighted by Gasteiger charge is -2.33. The number of carbonyl (C=O) groups is 1. The summed E-state index contributed by atoms with van der Waals surface area (Å²) in [5, 5.41) is 9.27. The maximum atomic E-state index is 13.4. The molecule has 0 amide bonds. The van der Waals surface area contributed by atoms with E-state index in [4.69, 9.17) is 4.74 Å². The van der Waals surface area contributed by atoms with Crippen LogP contribution in [0, 0.1) is 11.6 Å². The van der Waals surface area contributed by atoms with E-state index in [1.807, 2.05) is 0 Å². The molecule has 1 N–H and O–H groups in total. The fraction of sp³-hybridized carbons (Fsp3) is 0.267. The molecule has 0 aromatic heterocycles. The molecule has 1 aromatic rings. The number of hydrogen-bond acceptors (Lipinski definition) is 3. The van der Waals surface area contributed by atoms with Gasteiger partial charge in [0.25, 0.3) is 0 Å². The molecule has 21 heavy (non-hydrogen) atoms. The van der Waals surface area contributed by atoms with Crippen LogP contribution in [0.3, 0.4) is 0 Å². The standard InChI is InChI=1S/C15H15F2NO3/c1-8-12(9-4-10(16)6-11(17)5-9)7-13(21-3)14(15(19)20)18(8)2/h4-7,14H,1-3H3,(H,19,20). The average molecular weight is 295 g/mol. The lowest BCUT2D eigenvalue weighted by molar-refractivity contribution is -0.141. The summed E-state index contributed by atoms with van der Waals surface area (Å²) in [6.07, 6.45) is 1.50. The summed E-state index contributed by atoms with van der Waals surface area (Å²) < 4.78 is 31.9. The molecule has 1 unspecified atom stereocenters. The van der Waals surface area contributed by atoms with Gasteiger partial charge >= 0.3 is 5.97 Å². The number of aliphatic carboxylic acids is 1. The smallest absolute Gasteiger partial charge is 0.334 e. The minimum Gasteiger partial charge on any atom is -0.498 e. The van der Waals surface area contributed by atoms with E-state index in [0.717, 1.165) is 6.07 Å². The zero-order chi connectivity index (χ0) is 15.7. The molecule has 0 fully saturated rings. The van der Waals surface area contributed by atoms with Crippen LogP contribution in [0.25, 0.3) is 5.57 Å². The Bertz CT molecular complexity index is 632. The first-order valence-corrected chi connectivity index (χ1v) is 6.23. The number of likely N-dealkylation sites (N-methyl/N-ethyl adjacent to an activating group) is 1. The van der Waals surface area contributed by atoms with Crippen molar-refractivity contribution in [2.24, 2.45) is 0 Å². The van der Waals surface area contributed by atoms with Crippen molar-refractivity contribution in [2.45, 2.75) is 13.0 Å². The Labute approximate surface area is 120 Å². The number of carboxylic acids is 1. The monoisotopic (exact) mass is 295 g/mol. The Morgan fingerprint density at radius 1 is 1.29 bits per heavy atom. The Morgan fingerprint density at radius 2 is 1.86 bits per heavy atom. The summed E-state index contributed by atoms with van der Waals surface area (Å²) in [5.41, 5.74) is 1.44. The van der Waals surface area contributed by atoms with Crippen LogP contribution in [0.2, 0.25) is 0 Å². The molecule has 0 bridgehead atoms. The number of benzene rings is 1. The van der Waals surface area contributed by atoms with Gasteiger partial charge in [-0.15, -0.1) is 0 Å². The van der Waals surface area contributed by atoms with E-state index in [2.05, 4.69) is 0 Å². The number of rotatable bonds is 3. The lowest BCUT2D eigenvalue weighted by Crippen LogP contribution is -2.41. The van der Waals surface area contributed by atoms with Crippen molar-refractivity contribution >= 4 is 11.5 Å². The third-order valence-corrected chi connectivity index (χ3v) is 3.51. The van der Waals surface area contributed by atoms with Crippen molar-refractivity contribution in [3.63, 3.8) is 0 Å². The molecule has 1 aromatic carbocycles. The van der Waals surface area contributed by atoms with Crippen molar-refractivity contribution in [2.75, 3.05) is 14.2 Å². The summed E-state index contributed by atoms with van der Waals surface area (Å²) in [6.45, 7) is 1.69. The molecule has 1 aliphatic rings. The largest absolute Gasteiger partial charge is 0.498 e. The lowest BCUT2D eigenvalue weighted by atomic mass is 9.96. The fourth-order valence-electron chi connectivity index (χ4n) is 2.36. The predicted molar refractivity (Wildman–Crippen MR) is 73.2 cm³/mol. The van der Waals surface area contributed by atoms with Crippen LogP contribution >= 0.6 is 0 Å². The third kappa shape index (κ3) is 2.74. The van der Waals surface area contributed by atoms with Crippen molar-refractivity contribution in [1.29, 1.82) is 0 Å². The average Bonchev–Trinajstić information content (AvgIpc) is 2.39. The van der Waals surface area contributed by atoms with Crippen LogP contribution in [0.5, 0.6) is 0 Å². The molecule has 112 valence electrons. The van der Waals surface area contributed by atoms with Crippen molar-refractivity contribution in [3.05, 3.63) is 52.9 Å². The van der Waals surface area contributed by atoms with Crippen LogP contribution in [0.1, 0.15) is 12.5 Å². The minimum absolute atomic E-state index is 0.204. The third-order valence-electron chi connectivity index (χ3n) is 3.51. The number of carboxylic acid groups (broad SMARTS) is 1. The maximum absolute atomic E-state index is 13.4. The number of ether oxygens (including phenoxy) is 1. The summed E-state index contributed by atoms with van der Waals surface area (Å²) >= 11 is 0. The van der Waals surface area contributed by atoms with Crippen molar-refractivity contribution < 1.29 is 23.4 Å². The molecule has 0 radical (unpaired) electrons. The van der Waals surface area contributed by atoms with Gasteiger partial charge in [-0.1, -0.05) is 0 Å². The van der Waals surface area contributed by atoms with Crippen molar-refractivity contribution in [1.82, 2.24) is 4.90 Å². The molecular formula is C15H15F2NO3. The Kier molecular flexibility index (Phi) is 3.97. The molecule has 0 spiro atoms. The van der Waals surface area contributed by atoms with E-state index in [-0.39, 0.29) is 5.76 Å². The highest BCUT2D eigenvalue weighted by molar-refractivity contribution is 5.84. The molecule has 1 atom stereocenters. The number of allylic oxidation sites excluding steroid dienone is 3. The van der Waals surface area contributed by atoms with E-state index < -0.39 is 23.6 Å². The molecule has 2 rings (SSSR count). The normalized spacial score (nSPS) is 18.6. The van der Waals surface area contributed by atoms with Gasteiger partial charge in [-0.2, -0.15) is 0 Å². The molecule has 4 nitrogen and oxygen atoms in total. The second-order valence-electron chi connectivity index (χ2n) is 4.76. The van der Waals surface area contributed by atoms with E-state index in [9.17, 15) is 18.7 Å². The van der Waals surface area contributed by atoms with E-state index in [0.29, 0.717) is 16.8 Å². The number of nitrogens with zero attached hydrogens (tertiary/aromatic N) is 1. The van der Waals surface area contributed by atoms with Gasteiger partial charge in [-0.3, -0.25) is 0 Å². The molecule has 1 heterocycles. The summed E-state index contributed by atoms with van der Waals surface area (Å²) in [4.78, 5) is 12.8. The van der Waals surface area contributed by atoms with E-state index in [1.54, 1.807) is 14.0 Å². The molecular weight excluding hydrogens is 280 g/mol. The van der Waals surface area contributed by atoms with Gasteiger partial charge in [-0.25, -0.2) is 13.6 Å². The fourth-order valence-corrected chi connectivity index (χ4v) is 2.36. The van der Waals surface area contributed by atoms with Gasteiger partial charge < -0.3 is 14.7 Å². The Hall–Kier alpha value is -2.37. The van der Waals surface area contributed by atoms with Crippen LogP contribution in [0.15, 0.2) is 35.7 Å². The first kappa shape index (κ1) is 15.0. The first-order chi connectivity index (χ1) is 9.85. The van der Waals surface area contributed by atoms with Gasteiger partial charge in [-0.05, 0) is 30.7 Å². The molecule has 1 aliphatic heterocycles. The van der Waals surface area contributed by atoms with Crippen molar-refractivity contribution in [3.8, 4) is 0 Å². The van der Waals surface area contributed by atoms with Gasteiger partial charge in [0.2, 0.25) is 0 Å². The second kappa shape index (κ2) is 5.55. The highest BCUT2D eigenvalue weighted by Gasteiger charge is 2.33. The SMILES string of the molecule is COC1=CC(c2cc(F)cc(F)c2)=C(C)N(C)C1C(=O)O. The summed E-state index contributed by atoms with van der Waals surface area (Å²) in [5.74, 6) is -2.24. The Balaban J connectivity index is 2.58. The Morgan fingerprint density at radius 3 is 2.33 bits per heavy atom.